The van der Waals surface area contributed by atoms with Crippen LogP contribution in [-0.4, -0.2) is 13.1 Å². The van der Waals surface area contributed by atoms with E-state index in [1.165, 1.54) is 0 Å². The van der Waals surface area contributed by atoms with Gasteiger partial charge in [0.1, 0.15) is 0 Å². The van der Waals surface area contributed by atoms with Crippen LogP contribution in [0.1, 0.15) is 33.3 Å². The van der Waals surface area contributed by atoms with E-state index >= 15 is 0 Å². The molecule has 0 bridgehead atoms. The second-order valence-corrected chi connectivity index (χ2v) is 5.45. The van der Waals surface area contributed by atoms with Crippen LogP contribution in [0.5, 0.6) is 0 Å². The molecule has 98 valence electrons. The van der Waals surface area contributed by atoms with Crippen LogP contribution < -0.4 is 5.32 Å². The molecule has 0 saturated carbocycles. The highest BCUT2D eigenvalue weighted by atomic mass is 14.8. The second-order valence-electron chi connectivity index (χ2n) is 5.45. The van der Waals surface area contributed by atoms with E-state index in [4.69, 9.17) is 0 Å². The van der Waals surface area contributed by atoms with E-state index in [1.54, 1.807) is 0 Å². The van der Waals surface area contributed by atoms with Crippen LogP contribution >= 0.6 is 0 Å². The van der Waals surface area contributed by atoms with Gasteiger partial charge in [0.05, 0.1) is 6.54 Å². The summed E-state index contributed by atoms with van der Waals surface area (Å²) in [4.78, 5) is 0. The summed E-state index contributed by atoms with van der Waals surface area (Å²) >= 11 is 0. The van der Waals surface area contributed by atoms with Crippen LogP contribution in [0, 0.1) is 29.6 Å². The molecule has 1 aromatic rings. The molecular weight excluding hydrogens is 218 g/mol. The molecule has 0 aromatic heterocycles. The first kappa shape index (κ1) is 14.8. The first-order chi connectivity index (χ1) is 8.61. The van der Waals surface area contributed by atoms with Crippen molar-refractivity contribution in [3.05, 3.63) is 35.9 Å². The average molecular weight is 243 g/mol. The minimum Gasteiger partial charge on any atom is -0.306 e. The lowest BCUT2D eigenvalue weighted by atomic mass is 9.85. The SMILES string of the molecule is CC(C)C(CNCC#Cc1ccccc1)C(C)C. The number of benzene rings is 1. The lowest BCUT2D eigenvalue weighted by Gasteiger charge is -2.24. The van der Waals surface area contributed by atoms with Crippen molar-refractivity contribution in [2.45, 2.75) is 27.7 Å². The summed E-state index contributed by atoms with van der Waals surface area (Å²) in [6, 6.07) is 10.1. The third kappa shape index (κ3) is 5.38. The molecule has 0 spiro atoms. The van der Waals surface area contributed by atoms with E-state index < -0.39 is 0 Å². The smallest absolute Gasteiger partial charge is 0.0580 e. The third-order valence-electron chi connectivity index (χ3n) is 3.31. The highest BCUT2D eigenvalue weighted by molar-refractivity contribution is 5.33. The summed E-state index contributed by atoms with van der Waals surface area (Å²) in [5, 5.41) is 3.44. The van der Waals surface area contributed by atoms with Gasteiger partial charge in [0, 0.05) is 5.56 Å². The number of rotatable bonds is 5. The van der Waals surface area contributed by atoms with Crippen LogP contribution in [0.3, 0.4) is 0 Å². The quantitative estimate of drug-likeness (QED) is 0.616. The summed E-state index contributed by atoms with van der Waals surface area (Å²) < 4.78 is 0. The van der Waals surface area contributed by atoms with Gasteiger partial charge in [-0.15, -0.1) is 0 Å². The topological polar surface area (TPSA) is 12.0 Å². The molecule has 0 amide bonds. The highest BCUT2D eigenvalue weighted by Gasteiger charge is 2.16. The average Bonchev–Trinajstić information content (AvgIpc) is 2.34. The molecule has 0 unspecified atom stereocenters. The fourth-order valence-corrected chi connectivity index (χ4v) is 2.21. The van der Waals surface area contributed by atoms with Gasteiger partial charge in [-0.05, 0) is 36.4 Å². The van der Waals surface area contributed by atoms with Crippen molar-refractivity contribution in [3.8, 4) is 11.8 Å². The maximum atomic E-state index is 3.44. The summed E-state index contributed by atoms with van der Waals surface area (Å²) in [5.74, 6) is 8.51. The van der Waals surface area contributed by atoms with Crippen molar-refractivity contribution >= 4 is 0 Å². The Morgan fingerprint density at radius 2 is 1.61 bits per heavy atom. The van der Waals surface area contributed by atoms with Crippen LogP contribution in [-0.2, 0) is 0 Å². The van der Waals surface area contributed by atoms with E-state index in [-0.39, 0.29) is 0 Å². The largest absolute Gasteiger partial charge is 0.306 e. The zero-order valence-electron chi connectivity index (χ0n) is 12.0. The monoisotopic (exact) mass is 243 g/mol. The van der Waals surface area contributed by atoms with Gasteiger partial charge in [0.15, 0.2) is 0 Å². The molecule has 1 aromatic carbocycles. The van der Waals surface area contributed by atoms with Gasteiger partial charge in [-0.25, -0.2) is 0 Å². The molecule has 0 atom stereocenters. The minimum absolute atomic E-state index is 0.722. The van der Waals surface area contributed by atoms with Crippen LogP contribution in [0.4, 0.5) is 0 Å². The Morgan fingerprint density at radius 3 is 2.17 bits per heavy atom. The lowest BCUT2D eigenvalue weighted by Crippen LogP contribution is -2.30. The number of hydrogen-bond acceptors (Lipinski definition) is 1. The van der Waals surface area contributed by atoms with E-state index in [0.717, 1.165) is 36.4 Å². The normalized spacial score (nSPS) is 10.8. The molecule has 1 nitrogen and oxygen atoms in total. The Labute approximate surface area is 112 Å². The Morgan fingerprint density at radius 1 is 1.00 bits per heavy atom. The first-order valence-corrected chi connectivity index (χ1v) is 6.86. The lowest BCUT2D eigenvalue weighted by molar-refractivity contribution is 0.280. The van der Waals surface area contributed by atoms with Crippen molar-refractivity contribution in [3.63, 3.8) is 0 Å². The molecule has 0 heterocycles. The molecule has 1 heteroatoms. The minimum atomic E-state index is 0.722. The fourth-order valence-electron chi connectivity index (χ4n) is 2.21. The van der Waals surface area contributed by atoms with Crippen LogP contribution in [0.25, 0.3) is 0 Å². The van der Waals surface area contributed by atoms with Crippen molar-refractivity contribution < 1.29 is 0 Å². The van der Waals surface area contributed by atoms with Crippen LogP contribution in [0.15, 0.2) is 30.3 Å². The van der Waals surface area contributed by atoms with Gasteiger partial charge < -0.3 is 5.32 Å². The standard InChI is InChI=1S/C17H25N/c1-14(2)17(15(3)4)13-18-12-8-11-16-9-6-5-7-10-16/h5-7,9-10,14-15,17-18H,12-13H2,1-4H3. The Balaban J connectivity index is 2.32. The van der Waals surface area contributed by atoms with Gasteiger partial charge in [-0.2, -0.15) is 0 Å². The highest BCUT2D eigenvalue weighted by Crippen LogP contribution is 2.19. The second kappa shape index (κ2) is 7.95. The van der Waals surface area contributed by atoms with Crippen molar-refractivity contribution in [2.24, 2.45) is 17.8 Å². The van der Waals surface area contributed by atoms with Gasteiger partial charge in [-0.3, -0.25) is 0 Å². The summed E-state index contributed by atoms with van der Waals surface area (Å²) in [6.45, 7) is 11.0. The molecule has 0 aliphatic carbocycles. The third-order valence-corrected chi connectivity index (χ3v) is 3.31. The first-order valence-electron chi connectivity index (χ1n) is 6.86. The molecule has 0 fully saturated rings. The van der Waals surface area contributed by atoms with Gasteiger partial charge in [0.2, 0.25) is 0 Å². The predicted molar refractivity (Wildman–Crippen MR) is 79.4 cm³/mol. The Hall–Kier alpha value is -1.26. The van der Waals surface area contributed by atoms with Gasteiger partial charge in [-0.1, -0.05) is 57.7 Å². The maximum absolute atomic E-state index is 3.44. The number of nitrogens with one attached hydrogen (secondary N) is 1. The maximum Gasteiger partial charge on any atom is 0.0580 e. The van der Waals surface area contributed by atoms with Gasteiger partial charge >= 0.3 is 0 Å². The van der Waals surface area contributed by atoms with Crippen molar-refractivity contribution in [2.75, 3.05) is 13.1 Å². The van der Waals surface area contributed by atoms with E-state index in [0.29, 0.717) is 0 Å². The fraction of sp³-hybridized carbons (Fsp3) is 0.529. The zero-order valence-corrected chi connectivity index (χ0v) is 12.0. The van der Waals surface area contributed by atoms with E-state index in [9.17, 15) is 0 Å². The zero-order chi connectivity index (χ0) is 13.4. The van der Waals surface area contributed by atoms with Crippen LogP contribution in [0.2, 0.25) is 0 Å². The molecule has 1 rings (SSSR count). The molecule has 0 radical (unpaired) electrons. The summed E-state index contributed by atoms with van der Waals surface area (Å²) in [6.07, 6.45) is 0. The molecular formula is C17H25N. The van der Waals surface area contributed by atoms with E-state index in [2.05, 4.69) is 44.9 Å². The summed E-state index contributed by atoms with van der Waals surface area (Å²) in [5.41, 5.74) is 1.09. The van der Waals surface area contributed by atoms with Crippen molar-refractivity contribution in [1.82, 2.24) is 5.32 Å². The van der Waals surface area contributed by atoms with Gasteiger partial charge in [0.25, 0.3) is 0 Å². The van der Waals surface area contributed by atoms with Crippen molar-refractivity contribution in [1.29, 1.82) is 0 Å². The molecule has 18 heavy (non-hydrogen) atoms. The molecule has 0 aliphatic heterocycles. The Kier molecular flexibility index (Phi) is 6.54. The predicted octanol–water partition coefficient (Wildman–Crippen LogP) is 3.56. The van der Waals surface area contributed by atoms with E-state index in [1.807, 2.05) is 30.3 Å². The summed E-state index contributed by atoms with van der Waals surface area (Å²) in [7, 11) is 0. The molecule has 1 N–H and O–H groups in total. The Bertz CT molecular complexity index is 373. The number of hydrogen-bond donors (Lipinski definition) is 1. The molecule has 0 aliphatic rings. The molecule has 0 saturated heterocycles.